The lowest BCUT2D eigenvalue weighted by molar-refractivity contribution is 0.305. The molecule has 18 heavy (non-hydrogen) atoms. The fraction of sp³-hybridized carbons (Fsp3) is 0.200. The topological polar surface area (TPSA) is 35.2 Å². The lowest BCUT2D eigenvalue weighted by Gasteiger charge is -2.10. The van der Waals surface area contributed by atoms with Gasteiger partial charge in [0.25, 0.3) is 0 Å². The van der Waals surface area contributed by atoms with E-state index in [1.54, 1.807) is 0 Å². The molecule has 94 valence electrons. The van der Waals surface area contributed by atoms with E-state index in [2.05, 4.69) is 15.9 Å². The molecule has 2 aromatic rings. The molecule has 0 fully saturated rings. The molecular formula is C15H16BrNO. The molecule has 0 heterocycles. The first-order valence-electron chi connectivity index (χ1n) is 5.86. The zero-order valence-electron chi connectivity index (χ0n) is 10.3. The zero-order valence-corrected chi connectivity index (χ0v) is 11.9. The maximum atomic E-state index is 5.79. The SMILES string of the molecule is Cc1cc(OCc2ccccc2CN)ccc1Br. The molecule has 0 aliphatic carbocycles. The highest BCUT2D eigenvalue weighted by atomic mass is 79.9. The largest absolute Gasteiger partial charge is 0.489 e. The van der Waals surface area contributed by atoms with E-state index >= 15 is 0 Å². The highest BCUT2D eigenvalue weighted by Crippen LogP contribution is 2.22. The Morgan fingerprint density at radius 2 is 1.83 bits per heavy atom. The van der Waals surface area contributed by atoms with E-state index in [-0.39, 0.29) is 0 Å². The third-order valence-electron chi connectivity index (χ3n) is 2.86. The second kappa shape index (κ2) is 6.03. The summed E-state index contributed by atoms with van der Waals surface area (Å²) in [6.45, 7) is 3.14. The van der Waals surface area contributed by atoms with Gasteiger partial charge >= 0.3 is 0 Å². The normalized spacial score (nSPS) is 10.4. The van der Waals surface area contributed by atoms with Gasteiger partial charge in [0.05, 0.1) is 0 Å². The Bertz CT molecular complexity index is 540. The fourth-order valence-electron chi connectivity index (χ4n) is 1.77. The Labute approximate surface area is 116 Å². The number of nitrogens with two attached hydrogens (primary N) is 1. The van der Waals surface area contributed by atoms with Gasteiger partial charge in [0.1, 0.15) is 12.4 Å². The van der Waals surface area contributed by atoms with Crippen LogP contribution in [0.2, 0.25) is 0 Å². The van der Waals surface area contributed by atoms with E-state index in [9.17, 15) is 0 Å². The second-order valence-corrected chi connectivity index (χ2v) is 5.03. The summed E-state index contributed by atoms with van der Waals surface area (Å²) in [6, 6.07) is 14.1. The zero-order chi connectivity index (χ0) is 13.0. The summed E-state index contributed by atoms with van der Waals surface area (Å²) < 4.78 is 6.89. The van der Waals surface area contributed by atoms with E-state index < -0.39 is 0 Å². The Kier molecular flexibility index (Phi) is 4.39. The Balaban J connectivity index is 2.09. The summed E-state index contributed by atoms with van der Waals surface area (Å²) in [6.07, 6.45) is 0. The quantitative estimate of drug-likeness (QED) is 0.932. The highest BCUT2D eigenvalue weighted by molar-refractivity contribution is 9.10. The highest BCUT2D eigenvalue weighted by Gasteiger charge is 2.02. The molecule has 0 saturated carbocycles. The second-order valence-electron chi connectivity index (χ2n) is 4.17. The van der Waals surface area contributed by atoms with Gasteiger partial charge in [-0.25, -0.2) is 0 Å². The van der Waals surface area contributed by atoms with Crippen molar-refractivity contribution in [2.45, 2.75) is 20.1 Å². The predicted octanol–water partition coefficient (Wildman–Crippen LogP) is 3.80. The van der Waals surface area contributed by atoms with Crippen LogP contribution in [0.3, 0.4) is 0 Å². The van der Waals surface area contributed by atoms with E-state index in [0.717, 1.165) is 21.3 Å². The maximum absolute atomic E-state index is 5.79. The van der Waals surface area contributed by atoms with Crippen LogP contribution in [-0.2, 0) is 13.2 Å². The van der Waals surface area contributed by atoms with Crippen LogP contribution in [-0.4, -0.2) is 0 Å². The average molecular weight is 306 g/mol. The van der Waals surface area contributed by atoms with Crippen molar-refractivity contribution in [3.63, 3.8) is 0 Å². The van der Waals surface area contributed by atoms with Crippen molar-refractivity contribution in [1.82, 2.24) is 0 Å². The standard InChI is InChI=1S/C15H16BrNO/c1-11-8-14(6-7-15(11)16)18-10-13-5-3-2-4-12(13)9-17/h2-8H,9-10,17H2,1H3. The van der Waals surface area contributed by atoms with Gasteiger partial charge in [0.2, 0.25) is 0 Å². The van der Waals surface area contributed by atoms with E-state index in [4.69, 9.17) is 10.5 Å². The molecule has 2 aromatic carbocycles. The number of hydrogen-bond acceptors (Lipinski definition) is 2. The molecule has 0 aliphatic heterocycles. The number of hydrogen-bond donors (Lipinski definition) is 1. The first kappa shape index (κ1) is 13.1. The summed E-state index contributed by atoms with van der Waals surface area (Å²) in [7, 11) is 0. The molecule has 0 radical (unpaired) electrons. The van der Waals surface area contributed by atoms with Gasteiger partial charge in [-0.15, -0.1) is 0 Å². The van der Waals surface area contributed by atoms with Crippen molar-refractivity contribution in [3.8, 4) is 5.75 Å². The molecule has 3 heteroatoms. The van der Waals surface area contributed by atoms with Crippen LogP contribution in [0, 0.1) is 6.92 Å². The first-order valence-corrected chi connectivity index (χ1v) is 6.66. The van der Waals surface area contributed by atoms with Gasteiger partial charge in [-0.1, -0.05) is 40.2 Å². The van der Waals surface area contributed by atoms with E-state index in [0.29, 0.717) is 13.2 Å². The van der Waals surface area contributed by atoms with Crippen LogP contribution in [0.25, 0.3) is 0 Å². The Hall–Kier alpha value is -1.32. The molecule has 0 aliphatic rings. The number of halogens is 1. The Morgan fingerprint density at radius 1 is 1.11 bits per heavy atom. The van der Waals surface area contributed by atoms with Crippen LogP contribution < -0.4 is 10.5 Å². The third kappa shape index (κ3) is 3.12. The number of ether oxygens (including phenoxy) is 1. The Morgan fingerprint density at radius 3 is 2.50 bits per heavy atom. The van der Waals surface area contributed by atoms with Crippen molar-refractivity contribution in [2.24, 2.45) is 5.73 Å². The lowest BCUT2D eigenvalue weighted by atomic mass is 10.1. The van der Waals surface area contributed by atoms with E-state index in [1.807, 2.05) is 49.4 Å². The molecule has 2 rings (SSSR count). The van der Waals surface area contributed by atoms with Crippen molar-refractivity contribution in [2.75, 3.05) is 0 Å². The molecule has 0 bridgehead atoms. The molecule has 0 atom stereocenters. The number of benzene rings is 2. The molecule has 2 N–H and O–H groups in total. The fourth-order valence-corrected chi connectivity index (χ4v) is 2.01. The van der Waals surface area contributed by atoms with Gasteiger partial charge in [0, 0.05) is 11.0 Å². The summed E-state index contributed by atoms with van der Waals surface area (Å²) in [5.41, 5.74) is 9.14. The maximum Gasteiger partial charge on any atom is 0.120 e. The molecule has 0 unspecified atom stereocenters. The number of rotatable bonds is 4. The molecular weight excluding hydrogens is 290 g/mol. The third-order valence-corrected chi connectivity index (χ3v) is 3.75. The summed E-state index contributed by atoms with van der Waals surface area (Å²) in [5, 5.41) is 0. The van der Waals surface area contributed by atoms with Crippen molar-refractivity contribution in [1.29, 1.82) is 0 Å². The van der Waals surface area contributed by atoms with Gasteiger partial charge in [-0.05, 0) is 41.8 Å². The van der Waals surface area contributed by atoms with Gasteiger partial charge in [0.15, 0.2) is 0 Å². The van der Waals surface area contributed by atoms with Crippen molar-refractivity contribution < 1.29 is 4.74 Å². The molecule has 0 aromatic heterocycles. The molecule has 0 saturated heterocycles. The molecule has 0 spiro atoms. The lowest BCUT2D eigenvalue weighted by Crippen LogP contribution is -2.04. The van der Waals surface area contributed by atoms with Crippen molar-refractivity contribution >= 4 is 15.9 Å². The minimum Gasteiger partial charge on any atom is -0.489 e. The number of aryl methyl sites for hydroxylation is 1. The smallest absolute Gasteiger partial charge is 0.120 e. The summed E-state index contributed by atoms with van der Waals surface area (Å²) in [5.74, 6) is 0.877. The monoisotopic (exact) mass is 305 g/mol. The van der Waals surface area contributed by atoms with Crippen LogP contribution in [0.5, 0.6) is 5.75 Å². The minimum atomic E-state index is 0.541. The van der Waals surface area contributed by atoms with Gasteiger partial charge in [-0.2, -0.15) is 0 Å². The average Bonchev–Trinajstić information content (AvgIpc) is 2.40. The molecule has 0 amide bonds. The van der Waals surface area contributed by atoms with Crippen molar-refractivity contribution in [3.05, 3.63) is 63.6 Å². The minimum absolute atomic E-state index is 0.541. The van der Waals surface area contributed by atoms with Crippen LogP contribution in [0.15, 0.2) is 46.9 Å². The van der Waals surface area contributed by atoms with Crippen LogP contribution >= 0.6 is 15.9 Å². The van der Waals surface area contributed by atoms with Crippen LogP contribution in [0.1, 0.15) is 16.7 Å². The predicted molar refractivity (Wildman–Crippen MR) is 77.5 cm³/mol. The van der Waals surface area contributed by atoms with Crippen LogP contribution in [0.4, 0.5) is 0 Å². The first-order chi connectivity index (χ1) is 8.70. The molecule has 2 nitrogen and oxygen atoms in total. The van der Waals surface area contributed by atoms with E-state index in [1.165, 1.54) is 5.56 Å². The van der Waals surface area contributed by atoms with Gasteiger partial charge < -0.3 is 10.5 Å². The van der Waals surface area contributed by atoms with Gasteiger partial charge in [-0.3, -0.25) is 0 Å². The summed E-state index contributed by atoms with van der Waals surface area (Å²) >= 11 is 3.48. The summed E-state index contributed by atoms with van der Waals surface area (Å²) in [4.78, 5) is 0.